The summed E-state index contributed by atoms with van der Waals surface area (Å²) in [5.74, 6) is 1.04. The van der Waals surface area contributed by atoms with E-state index in [2.05, 4.69) is 9.97 Å². The van der Waals surface area contributed by atoms with Gasteiger partial charge < -0.3 is 15.2 Å². The number of esters is 1. The van der Waals surface area contributed by atoms with E-state index in [1.165, 1.54) is 0 Å². The SMILES string of the molecule is COc1ccc(-c2cnc(-c3ccc(C[C@H](N)C(=O)OC(C)(C)C)cc3)nc2)cc1. The first-order valence-electron chi connectivity index (χ1n) is 9.79. The molecule has 0 fully saturated rings. The molecule has 0 spiro atoms. The van der Waals surface area contributed by atoms with E-state index in [1.807, 2.05) is 69.3 Å². The summed E-state index contributed by atoms with van der Waals surface area (Å²) >= 11 is 0. The van der Waals surface area contributed by atoms with Gasteiger partial charge in [0.15, 0.2) is 5.82 Å². The summed E-state index contributed by atoms with van der Waals surface area (Å²) in [6.45, 7) is 5.48. The predicted molar refractivity (Wildman–Crippen MR) is 117 cm³/mol. The Morgan fingerprint density at radius 3 is 2.03 bits per heavy atom. The molecular weight excluding hydrogens is 378 g/mol. The van der Waals surface area contributed by atoms with Crippen LogP contribution in [0.3, 0.4) is 0 Å². The van der Waals surface area contributed by atoms with Crippen molar-refractivity contribution in [2.24, 2.45) is 5.73 Å². The molecular formula is C24H27N3O3. The molecule has 0 saturated carbocycles. The second-order valence-electron chi connectivity index (χ2n) is 8.06. The Bertz CT molecular complexity index is 976. The Morgan fingerprint density at radius 1 is 0.933 bits per heavy atom. The third kappa shape index (κ3) is 5.64. The average Bonchev–Trinajstić information content (AvgIpc) is 2.73. The van der Waals surface area contributed by atoms with Gasteiger partial charge in [0.05, 0.1) is 7.11 Å². The number of carbonyl (C=O) groups is 1. The molecule has 0 radical (unpaired) electrons. The van der Waals surface area contributed by atoms with Crippen molar-refractivity contribution in [1.82, 2.24) is 9.97 Å². The van der Waals surface area contributed by atoms with Crippen molar-refractivity contribution >= 4 is 5.97 Å². The molecule has 2 aromatic carbocycles. The molecule has 6 nitrogen and oxygen atoms in total. The van der Waals surface area contributed by atoms with E-state index in [-0.39, 0.29) is 0 Å². The van der Waals surface area contributed by atoms with Crippen molar-refractivity contribution in [3.8, 4) is 28.3 Å². The molecule has 0 aliphatic heterocycles. The number of hydrogen-bond donors (Lipinski definition) is 1. The highest BCUT2D eigenvalue weighted by molar-refractivity contribution is 5.76. The molecule has 0 aliphatic rings. The molecule has 3 aromatic rings. The van der Waals surface area contributed by atoms with E-state index in [1.54, 1.807) is 19.5 Å². The van der Waals surface area contributed by atoms with Gasteiger partial charge in [-0.05, 0) is 50.5 Å². The molecule has 6 heteroatoms. The number of benzene rings is 2. The predicted octanol–water partition coefficient (Wildman–Crippen LogP) is 4.03. The van der Waals surface area contributed by atoms with E-state index in [9.17, 15) is 4.79 Å². The van der Waals surface area contributed by atoms with Gasteiger partial charge >= 0.3 is 5.97 Å². The van der Waals surface area contributed by atoms with Gasteiger partial charge in [-0.1, -0.05) is 36.4 Å². The Hall–Kier alpha value is -3.25. The number of methoxy groups -OCH3 is 1. The first kappa shape index (κ1) is 21.5. The second-order valence-corrected chi connectivity index (χ2v) is 8.06. The maximum Gasteiger partial charge on any atom is 0.323 e. The van der Waals surface area contributed by atoms with Gasteiger partial charge in [0, 0.05) is 23.5 Å². The Balaban J connectivity index is 1.66. The van der Waals surface area contributed by atoms with Crippen molar-refractivity contribution in [2.75, 3.05) is 7.11 Å². The molecule has 0 saturated heterocycles. The van der Waals surface area contributed by atoms with Crippen molar-refractivity contribution in [3.63, 3.8) is 0 Å². The third-order valence-corrected chi connectivity index (χ3v) is 4.45. The largest absolute Gasteiger partial charge is 0.497 e. The minimum Gasteiger partial charge on any atom is -0.497 e. The fraction of sp³-hybridized carbons (Fsp3) is 0.292. The third-order valence-electron chi connectivity index (χ3n) is 4.45. The van der Waals surface area contributed by atoms with Crippen molar-refractivity contribution in [1.29, 1.82) is 0 Å². The summed E-state index contributed by atoms with van der Waals surface area (Å²) in [5, 5.41) is 0. The molecule has 0 unspecified atom stereocenters. The molecule has 2 N–H and O–H groups in total. The standard InChI is InChI=1S/C24H27N3O3/c1-24(2,3)30-23(28)21(25)13-16-5-7-18(8-6-16)22-26-14-19(15-27-22)17-9-11-20(29-4)12-10-17/h5-12,14-15,21H,13,25H2,1-4H3/t21-/m0/s1. The van der Waals surface area contributed by atoms with E-state index < -0.39 is 17.6 Å². The highest BCUT2D eigenvalue weighted by Gasteiger charge is 2.22. The van der Waals surface area contributed by atoms with Crippen LogP contribution < -0.4 is 10.5 Å². The van der Waals surface area contributed by atoms with Gasteiger partial charge in [0.25, 0.3) is 0 Å². The van der Waals surface area contributed by atoms with Crippen LogP contribution >= 0.6 is 0 Å². The maximum absolute atomic E-state index is 12.1. The summed E-state index contributed by atoms with van der Waals surface area (Å²) in [4.78, 5) is 21.0. The first-order valence-corrected chi connectivity index (χ1v) is 9.79. The maximum atomic E-state index is 12.1. The zero-order chi connectivity index (χ0) is 21.7. The van der Waals surface area contributed by atoms with Crippen LogP contribution in [0.25, 0.3) is 22.5 Å². The smallest absolute Gasteiger partial charge is 0.323 e. The van der Waals surface area contributed by atoms with Crippen LogP contribution in [0.15, 0.2) is 60.9 Å². The monoisotopic (exact) mass is 405 g/mol. The van der Waals surface area contributed by atoms with Crippen LogP contribution in [-0.2, 0) is 16.0 Å². The van der Waals surface area contributed by atoms with Crippen molar-refractivity contribution < 1.29 is 14.3 Å². The van der Waals surface area contributed by atoms with Crippen molar-refractivity contribution in [2.45, 2.75) is 38.8 Å². The highest BCUT2D eigenvalue weighted by atomic mass is 16.6. The van der Waals surface area contributed by atoms with Crippen LogP contribution in [0.1, 0.15) is 26.3 Å². The van der Waals surface area contributed by atoms with Gasteiger partial charge in [-0.15, -0.1) is 0 Å². The first-order chi connectivity index (χ1) is 14.2. The Morgan fingerprint density at radius 2 is 1.50 bits per heavy atom. The molecule has 3 rings (SSSR count). The summed E-state index contributed by atoms with van der Waals surface area (Å²) in [6, 6.07) is 14.8. The molecule has 0 bridgehead atoms. The second kappa shape index (κ2) is 9.05. The van der Waals surface area contributed by atoms with E-state index >= 15 is 0 Å². The van der Waals surface area contributed by atoms with E-state index in [4.69, 9.17) is 15.2 Å². The van der Waals surface area contributed by atoms with Gasteiger partial charge in [-0.2, -0.15) is 0 Å². The molecule has 1 heterocycles. The Labute approximate surface area is 177 Å². The van der Waals surface area contributed by atoms with Crippen LogP contribution in [0.5, 0.6) is 5.75 Å². The lowest BCUT2D eigenvalue weighted by molar-refractivity contribution is -0.156. The molecule has 1 aromatic heterocycles. The minimum absolute atomic E-state index is 0.399. The molecule has 0 aliphatic carbocycles. The molecule has 0 amide bonds. The lowest BCUT2D eigenvalue weighted by Crippen LogP contribution is -2.38. The molecule has 1 atom stereocenters. The highest BCUT2D eigenvalue weighted by Crippen LogP contribution is 2.23. The quantitative estimate of drug-likeness (QED) is 0.623. The van der Waals surface area contributed by atoms with E-state index in [0.29, 0.717) is 12.2 Å². The average molecular weight is 405 g/mol. The van der Waals surface area contributed by atoms with Crippen molar-refractivity contribution in [3.05, 3.63) is 66.5 Å². The number of hydrogen-bond acceptors (Lipinski definition) is 6. The number of carbonyl (C=O) groups excluding carboxylic acids is 1. The fourth-order valence-electron chi connectivity index (χ4n) is 2.91. The number of aromatic nitrogens is 2. The number of nitrogens with zero attached hydrogens (tertiary/aromatic N) is 2. The van der Waals surface area contributed by atoms with Crippen LogP contribution in [0.4, 0.5) is 0 Å². The van der Waals surface area contributed by atoms with E-state index in [0.717, 1.165) is 28.0 Å². The summed E-state index contributed by atoms with van der Waals surface area (Å²) in [5.41, 5.74) is 9.24. The van der Waals surface area contributed by atoms with Crippen LogP contribution in [0, 0.1) is 0 Å². The summed E-state index contributed by atoms with van der Waals surface area (Å²) < 4.78 is 10.5. The molecule has 156 valence electrons. The van der Waals surface area contributed by atoms with Crippen LogP contribution in [0.2, 0.25) is 0 Å². The number of rotatable bonds is 6. The zero-order valence-corrected chi connectivity index (χ0v) is 17.8. The van der Waals surface area contributed by atoms with Gasteiger partial charge in [0.1, 0.15) is 17.4 Å². The van der Waals surface area contributed by atoms with Gasteiger partial charge in [-0.25, -0.2) is 9.97 Å². The summed E-state index contributed by atoms with van der Waals surface area (Å²) in [6.07, 6.45) is 4.01. The topological polar surface area (TPSA) is 87.3 Å². The van der Waals surface area contributed by atoms with Gasteiger partial charge in [-0.3, -0.25) is 4.79 Å². The normalized spacial score (nSPS) is 12.3. The zero-order valence-electron chi connectivity index (χ0n) is 17.8. The number of nitrogens with two attached hydrogens (primary N) is 1. The Kier molecular flexibility index (Phi) is 6.47. The molecule has 30 heavy (non-hydrogen) atoms. The van der Waals surface area contributed by atoms with Gasteiger partial charge in [0.2, 0.25) is 0 Å². The summed E-state index contributed by atoms with van der Waals surface area (Å²) in [7, 11) is 1.64. The number of ether oxygens (including phenoxy) is 2. The lowest BCUT2D eigenvalue weighted by atomic mass is 10.0. The fourth-order valence-corrected chi connectivity index (χ4v) is 2.91. The lowest BCUT2D eigenvalue weighted by Gasteiger charge is -2.22. The van der Waals surface area contributed by atoms with Crippen LogP contribution in [-0.4, -0.2) is 34.7 Å². The minimum atomic E-state index is -0.699.